The number of rotatable bonds is 2. The highest BCUT2D eigenvalue weighted by molar-refractivity contribution is 6.09. The molecular formula is C46H29N3O. The van der Waals surface area contributed by atoms with Crippen LogP contribution in [0.25, 0.3) is 84.1 Å². The molecule has 0 N–H and O–H groups in total. The van der Waals surface area contributed by atoms with E-state index in [1.807, 2.05) is 36.7 Å². The largest absolute Gasteiger partial charge is 0.455 e. The maximum atomic E-state index is 7.05. The van der Waals surface area contributed by atoms with Crippen LogP contribution in [0.1, 0.15) is 11.1 Å². The molecule has 234 valence electrons. The van der Waals surface area contributed by atoms with E-state index in [1.54, 1.807) is 0 Å². The van der Waals surface area contributed by atoms with Crippen molar-refractivity contribution in [2.24, 2.45) is 0 Å². The Kier molecular flexibility index (Phi) is 6.46. The predicted molar refractivity (Wildman–Crippen MR) is 206 cm³/mol. The molecule has 0 saturated carbocycles. The molecule has 1 aliphatic rings. The summed E-state index contributed by atoms with van der Waals surface area (Å²) in [6.07, 6.45) is 8.25. The van der Waals surface area contributed by atoms with Gasteiger partial charge in [-0.05, 0) is 75.7 Å². The van der Waals surface area contributed by atoms with Gasteiger partial charge in [-0.25, -0.2) is 9.97 Å². The molecule has 4 heteroatoms. The van der Waals surface area contributed by atoms with Gasteiger partial charge in [-0.2, -0.15) is 0 Å². The van der Waals surface area contributed by atoms with Gasteiger partial charge in [-0.15, -0.1) is 0 Å². The van der Waals surface area contributed by atoms with Crippen LogP contribution in [0.4, 0.5) is 0 Å². The van der Waals surface area contributed by atoms with Crippen molar-refractivity contribution in [1.29, 1.82) is 0 Å². The van der Waals surface area contributed by atoms with Gasteiger partial charge in [0.25, 0.3) is 0 Å². The van der Waals surface area contributed by atoms with Crippen molar-refractivity contribution < 1.29 is 4.74 Å². The maximum absolute atomic E-state index is 7.05. The first-order chi connectivity index (χ1) is 24.8. The van der Waals surface area contributed by atoms with Crippen molar-refractivity contribution in [3.63, 3.8) is 0 Å². The van der Waals surface area contributed by atoms with E-state index in [0.717, 1.165) is 94.5 Å². The number of benzene rings is 6. The summed E-state index contributed by atoms with van der Waals surface area (Å²) in [5.41, 5.74) is 10.6. The minimum Gasteiger partial charge on any atom is -0.455 e. The molecule has 4 heterocycles. The minimum atomic E-state index is 0.824. The summed E-state index contributed by atoms with van der Waals surface area (Å²) in [5.74, 6) is 2.51. The fraction of sp³-hybridized carbons (Fsp3) is 0. The van der Waals surface area contributed by atoms with E-state index in [1.165, 1.54) is 0 Å². The van der Waals surface area contributed by atoms with Gasteiger partial charge in [0.15, 0.2) is 0 Å². The smallest absolute Gasteiger partial charge is 0.146 e. The van der Waals surface area contributed by atoms with E-state index in [0.29, 0.717) is 0 Å². The Hall–Kier alpha value is -6.78. The molecule has 0 fully saturated rings. The number of fused-ring (bicyclic) bond motifs is 11. The second-order valence-electron chi connectivity index (χ2n) is 12.6. The zero-order valence-corrected chi connectivity index (χ0v) is 27.0. The lowest BCUT2D eigenvalue weighted by Crippen LogP contribution is -1.97. The summed E-state index contributed by atoms with van der Waals surface area (Å²) >= 11 is 0. The molecule has 10 rings (SSSR count). The molecule has 0 saturated heterocycles. The second kappa shape index (κ2) is 11.4. The summed E-state index contributed by atoms with van der Waals surface area (Å²) in [7, 11) is 0. The minimum absolute atomic E-state index is 0.824. The highest BCUT2D eigenvalue weighted by atomic mass is 16.5. The SMILES string of the molecule is C1=C\c2ccc(-c3cnc4c(c3)c3ccccc3n4-c3ccccn3)cc2-c2ccc3ccccc3c2Oc2ccccc2-c2ccccc2/1. The van der Waals surface area contributed by atoms with Crippen molar-refractivity contribution in [1.82, 2.24) is 14.5 Å². The van der Waals surface area contributed by atoms with Crippen LogP contribution in [0, 0.1) is 0 Å². The molecular weight excluding hydrogens is 611 g/mol. The van der Waals surface area contributed by atoms with Gasteiger partial charge >= 0.3 is 0 Å². The maximum Gasteiger partial charge on any atom is 0.146 e. The number of hydrogen-bond donors (Lipinski definition) is 0. The van der Waals surface area contributed by atoms with Gasteiger partial charge < -0.3 is 4.74 Å². The van der Waals surface area contributed by atoms with Crippen LogP contribution < -0.4 is 4.74 Å². The molecule has 0 aliphatic carbocycles. The molecule has 0 spiro atoms. The Morgan fingerprint density at radius 1 is 0.480 bits per heavy atom. The summed E-state index contributed by atoms with van der Waals surface area (Å²) in [5, 5.41) is 4.43. The molecule has 0 unspecified atom stereocenters. The van der Waals surface area contributed by atoms with Gasteiger partial charge in [0.1, 0.15) is 23.0 Å². The third kappa shape index (κ3) is 4.54. The van der Waals surface area contributed by atoms with E-state index < -0.39 is 0 Å². The van der Waals surface area contributed by atoms with E-state index in [-0.39, 0.29) is 0 Å². The first-order valence-corrected chi connectivity index (χ1v) is 16.8. The lowest BCUT2D eigenvalue weighted by Gasteiger charge is -2.18. The molecule has 3 aromatic heterocycles. The van der Waals surface area contributed by atoms with Crippen LogP contribution in [-0.2, 0) is 0 Å². The average Bonchev–Trinajstić information content (AvgIpc) is 3.50. The van der Waals surface area contributed by atoms with E-state index in [9.17, 15) is 0 Å². The average molecular weight is 640 g/mol. The molecule has 0 amide bonds. The van der Waals surface area contributed by atoms with E-state index >= 15 is 0 Å². The molecule has 50 heavy (non-hydrogen) atoms. The van der Waals surface area contributed by atoms with Gasteiger partial charge in [0.2, 0.25) is 0 Å². The topological polar surface area (TPSA) is 39.9 Å². The van der Waals surface area contributed by atoms with Gasteiger partial charge in [-0.3, -0.25) is 4.57 Å². The van der Waals surface area contributed by atoms with Crippen molar-refractivity contribution in [3.05, 3.63) is 175 Å². The number of aromatic nitrogens is 3. The molecule has 4 nitrogen and oxygen atoms in total. The van der Waals surface area contributed by atoms with Crippen LogP contribution in [0.5, 0.6) is 11.5 Å². The zero-order chi connectivity index (χ0) is 33.0. The van der Waals surface area contributed by atoms with E-state index in [4.69, 9.17) is 9.72 Å². The molecule has 0 radical (unpaired) electrons. The Morgan fingerprint density at radius 2 is 1.24 bits per heavy atom. The van der Waals surface area contributed by atoms with Crippen molar-refractivity contribution in [3.8, 4) is 50.7 Å². The number of pyridine rings is 2. The highest BCUT2D eigenvalue weighted by Crippen LogP contribution is 2.46. The van der Waals surface area contributed by atoms with Crippen LogP contribution in [0.2, 0.25) is 0 Å². The first kappa shape index (κ1) is 28.3. The van der Waals surface area contributed by atoms with Gasteiger partial charge in [0, 0.05) is 45.2 Å². The molecule has 9 aromatic rings. The van der Waals surface area contributed by atoms with E-state index in [2.05, 4.69) is 149 Å². The van der Waals surface area contributed by atoms with Crippen molar-refractivity contribution in [2.45, 2.75) is 0 Å². The lowest BCUT2D eigenvalue weighted by molar-refractivity contribution is 0.492. The van der Waals surface area contributed by atoms with Crippen molar-refractivity contribution in [2.75, 3.05) is 0 Å². The monoisotopic (exact) mass is 639 g/mol. The third-order valence-electron chi connectivity index (χ3n) is 9.74. The Balaban J connectivity index is 1.22. The molecule has 1 aliphatic heterocycles. The number of hydrogen-bond acceptors (Lipinski definition) is 3. The van der Waals surface area contributed by atoms with Crippen LogP contribution in [-0.4, -0.2) is 14.5 Å². The predicted octanol–water partition coefficient (Wildman–Crippen LogP) is 12.0. The summed E-state index contributed by atoms with van der Waals surface area (Å²) in [6, 6.07) is 53.1. The Labute approximate surface area is 289 Å². The third-order valence-corrected chi connectivity index (χ3v) is 9.74. The fourth-order valence-corrected chi connectivity index (χ4v) is 7.35. The van der Waals surface area contributed by atoms with Crippen LogP contribution in [0.3, 0.4) is 0 Å². The molecule has 0 bridgehead atoms. The van der Waals surface area contributed by atoms with Crippen LogP contribution in [0.15, 0.2) is 164 Å². The first-order valence-electron chi connectivity index (χ1n) is 16.8. The number of ether oxygens (including phenoxy) is 1. The Bertz CT molecular complexity index is 2790. The highest BCUT2D eigenvalue weighted by Gasteiger charge is 2.20. The zero-order valence-electron chi connectivity index (χ0n) is 27.0. The molecule has 0 atom stereocenters. The Morgan fingerprint density at radius 3 is 2.14 bits per heavy atom. The molecule has 6 aromatic carbocycles. The quantitative estimate of drug-likeness (QED) is 0.189. The van der Waals surface area contributed by atoms with Gasteiger partial charge in [0.05, 0.1) is 5.52 Å². The lowest BCUT2D eigenvalue weighted by atomic mass is 9.92. The summed E-state index contributed by atoms with van der Waals surface area (Å²) < 4.78 is 9.19. The number of para-hydroxylation sites is 2. The normalized spacial score (nSPS) is 12.7. The summed E-state index contributed by atoms with van der Waals surface area (Å²) in [6.45, 7) is 0. The van der Waals surface area contributed by atoms with Crippen LogP contribution >= 0.6 is 0 Å². The second-order valence-corrected chi connectivity index (χ2v) is 12.6. The van der Waals surface area contributed by atoms with Crippen molar-refractivity contribution >= 4 is 44.9 Å². The van der Waals surface area contributed by atoms with Gasteiger partial charge in [-0.1, -0.05) is 121 Å². The number of nitrogens with zero attached hydrogens (tertiary/aromatic N) is 3. The fourth-order valence-electron chi connectivity index (χ4n) is 7.35. The summed E-state index contributed by atoms with van der Waals surface area (Å²) in [4.78, 5) is 9.74. The standard InChI is InChI=1S/C46H29N3O/c1-3-13-35-30(11-1)20-21-32-22-23-33(34-28-41-37-15-5-7-17-42(37)49(46(41)48-29-34)44-19-9-10-26-47-44)27-40(32)39-25-24-31-12-2-4-14-36(31)45(39)50-43-18-8-6-16-38(35)43/h1-29H/b21-20-.